The molecule has 2 aromatic heterocycles. The zero-order chi connectivity index (χ0) is 25.2. The molecular formula is C26H28ClN7O2. The highest BCUT2D eigenvalue weighted by Gasteiger charge is 2.31. The van der Waals surface area contributed by atoms with Crippen LogP contribution in [0.2, 0.25) is 5.15 Å². The maximum Gasteiger partial charge on any atom is 0.223 e. The summed E-state index contributed by atoms with van der Waals surface area (Å²) in [7, 11) is 0. The topological polar surface area (TPSA) is 156 Å². The standard InChI is InChI=1S/C26H28ClN7O2/c27-22-21(17-10-11-18-19(13-17)33-34-23(18)28)31-25(32-22)20(12-14-4-2-1-3-5-14)30-26(36)16-8-6-15(7-9-16)24(29)35/h1-5,10-11,13,15-16,20H,6-9,12H2,(H2,29,35)(H,30,36)(H,31,32)(H3,28,33,34)/t15?,16?,20-/m0/s1. The fourth-order valence-corrected chi connectivity index (χ4v) is 5.16. The number of hydrogen-bond acceptors (Lipinski definition) is 5. The highest BCUT2D eigenvalue weighted by molar-refractivity contribution is 6.32. The first-order chi connectivity index (χ1) is 17.4. The van der Waals surface area contributed by atoms with Crippen LogP contribution in [0.15, 0.2) is 48.5 Å². The highest BCUT2D eigenvalue weighted by Crippen LogP contribution is 2.33. The summed E-state index contributed by atoms with van der Waals surface area (Å²) in [5.41, 5.74) is 14.6. The van der Waals surface area contributed by atoms with E-state index in [0.717, 1.165) is 22.0 Å². The van der Waals surface area contributed by atoms with Crippen LogP contribution in [-0.2, 0) is 16.0 Å². The van der Waals surface area contributed by atoms with Crippen molar-refractivity contribution >= 4 is 40.1 Å². The van der Waals surface area contributed by atoms with Gasteiger partial charge in [-0.25, -0.2) is 4.98 Å². The van der Waals surface area contributed by atoms with E-state index in [1.165, 1.54) is 0 Å². The molecule has 36 heavy (non-hydrogen) atoms. The van der Waals surface area contributed by atoms with Crippen molar-refractivity contribution in [2.45, 2.75) is 38.1 Å². The predicted molar refractivity (Wildman–Crippen MR) is 139 cm³/mol. The molecule has 2 aromatic carbocycles. The third-order valence-corrected chi connectivity index (χ3v) is 7.25. The number of aromatic nitrogens is 4. The molecule has 0 aliphatic heterocycles. The van der Waals surface area contributed by atoms with Crippen molar-refractivity contribution in [3.05, 3.63) is 65.1 Å². The van der Waals surface area contributed by atoms with Crippen LogP contribution in [-0.4, -0.2) is 32.0 Å². The lowest BCUT2D eigenvalue weighted by Crippen LogP contribution is -2.38. The van der Waals surface area contributed by atoms with Gasteiger partial charge in [-0.15, -0.1) is 0 Å². The predicted octanol–water partition coefficient (Wildman–Crippen LogP) is 3.88. The summed E-state index contributed by atoms with van der Waals surface area (Å²) >= 11 is 6.59. The van der Waals surface area contributed by atoms with Crippen LogP contribution in [0.5, 0.6) is 0 Å². The minimum atomic E-state index is -0.411. The number of H-pyrrole nitrogens is 2. The van der Waals surface area contributed by atoms with Crippen LogP contribution in [0, 0.1) is 11.8 Å². The quantitative estimate of drug-likeness (QED) is 0.257. The number of nitrogens with two attached hydrogens (primary N) is 2. The molecule has 1 saturated carbocycles. The van der Waals surface area contributed by atoms with Gasteiger partial charge >= 0.3 is 0 Å². The first kappa shape index (κ1) is 23.9. The highest BCUT2D eigenvalue weighted by atomic mass is 35.5. The van der Waals surface area contributed by atoms with Crippen LogP contribution in [0.4, 0.5) is 5.82 Å². The van der Waals surface area contributed by atoms with Crippen molar-refractivity contribution in [2.24, 2.45) is 17.6 Å². The van der Waals surface area contributed by atoms with Gasteiger partial charge in [-0.3, -0.25) is 14.7 Å². The minimum absolute atomic E-state index is 0.0534. The van der Waals surface area contributed by atoms with Crippen molar-refractivity contribution in [3.8, 4) is 11.3 Å². The molecule has 10 heteroatoms. The van der Waals surface area contributed by atoms with Gasteiger partial charge in [0.25, 0.3) is 0 Å². The van der Waals surface area contributed by atoms with E-state index in [0.29, 0.717) is 54.6 Å². The Hall–Kier alpha value is -3.85. The van der Waals surface area contributed by atoms with E-state index >= 15 is 0 Å². The number of benzene rings is 2. The third-order valence-electron chi connectivity index (χ3n) is 6.97. The number of rotatable bonds is 7. The normalized spacial score (nSPS) is 18.7. The second-order valence-corrected chi connectivity index (χ2v) is 9.73. The van der Waals surface area contributed by atoms with E-state index in [1.807, 2.05) is 48.5 Å². The number of fused-ring (bicyclic) bond motifs is 1. The van der Waals surface area contributed by atoms with E-state index < -0.39 is 6.04 Å². The molecule has 1 atom stereocenters. The summed E-state index contributed by atoms with van der Waals surface area (Å²) in [4.78, 5) is 32.7. The number of nitrogen functional groups attached to an aromatic ring is 1. The maximum atomic E-state index is 13.2. The summed E-state index contributed by atoms with van der Waals surface area (Å²) in [6.45, 7) is 0. The first-order valence-electron chi connectivity index (χ1n) is 12.0. The molecule has 1 fully saturated rings. The number of primary amides is 1. The summed E-state index contributed by atoms with van der Waals surface area (Å²) in [5.74, 6) is 0.343. The number of halogens is 1. The van der Waals surface area contributed by atoms with Crippen LogP contribution < -0.4 is 16.8 Å². The van der Waals surface area contributed by atoms with Gasteiger partial charge in [-0.2, -0.15) is 5.10 Å². The van der Waals surface area contributed by atoms with Gasteiger partial charge in [-0.05, 0) is 49.8 Å². The lowest BCUT2D eigenvalue weighted by molar-refractivity contribution is -0.129. The maximum absolute atomic E-state index is 13.2. The lowest BCUT2D eigenvalue weighted by Gasteiger charge is -2.27. The van der Waals surface area contributed by atoms with Gasteiger partial charge in [0.2, 0.25) is 11.8 Å². The Morgan fingerprint density at radius 1 is 1.08 bits per heavy atom. The molecule has 0 bridgehead atoms. The summed E-state index contributed by atoms with van der Waals surface area (Å²) in [5, 5.41) is 11.3. The van der Waals surface area contributed by atoms with Gasteiger partial charge in [-0.1, -0.05) is 48.0 Å². The molecule has 0 saturated heterocycles. The number of carbonyl (C=O) groups is 2. The Morgan fingerprint density at radius 2 is 1.81 bits per heavy atom. The average Bonchev–Trinajstić information content (AvgIpc) is 3.46. The second-order valence-electron chi connectivity index (χ2n) is 9.36. The van der Waals surface area contributed by atoms with Gasteiger partial charge in [0.1, 0.15) is 16.7 Å². The van der Waals surface area contributed by atoms with Crippen molar-refractivity contribution < 1.29 is 9.59 Å². The molecule has 0 spiro atoms. The molecule has 7 N–H and O–H groups in total. The summed E-state index contributed by atoms with van der Waals surface area (Å²) < 4.78 is 0. The monoisotopic (exact) mass is 505 g/mol. The Bertz CT molecular complexity index is 1390. The Balaban J connectivity index is 1.40. The third kappa shape index (κ3) is 4.92. The zero-order valence-corrected chi connectivity index (χ0v) is 20.4. The summed E-state index contributed by atoms with van der Waals surface area (Å²) in [6.07, 6.45) is 3.08. The Kier molecular flexibility index (Phi) is 6.65. The smallest absolute Gasteiger partial charge is 0.223 e. The molecule has 4 aromatic rings. The number of nitrogens with zero attached hydrogens (tertiary/aromatic N) is 2. The van der Waals surface area contributed by atoms with Crippen molar-refractivity contribution in [2.75, 3.05) is 5.73 Å². The van der Waals surface area contributed by atoms with E-state index in [9.17, 15) is 9.59 Å². The van der Waals surface area contributed by atoms with E-state index in [2.05, 4.69) is 20.5 Å². The summed E-state index contributed by atoms with van der Waals surface area (Å²) in [6, 6.07) is 15.2. The molecule has 0 radical (unpaired) electrons. The molecule has 0 unspecified atom stereocenters. The Labute approximate surface area is 213 Å². The van der Waals surface area contributed by atoms with E-state index in [4.69, 9.17) is 28.1 Å². The number of aromatic amines is 2. The van der Waals surface area contributed by atoms with E-state index in [1.54, 1.807) is 0 Å². The fourth-order valence-electron chi connectivity index (χ4n) is 4.91. The van der Waals surface area contributed by atoms with Gasteiger partial charge in [0, 0.05) is 22.8 Å². The first-order valence-corrected chi connectivity index (χ1v) is 12.4. The number of imidazole rings is 1. The van der Waals surface area contributed by atoms with Crippen LogP contribution >= 0.6 is 11.6 Å². The van der Waals surface area contributed by atoms with Gasteiger partial charge < -0.3 is 21.8 Å². The van der Waals surface area contributed by atoms with Crippen LogP contribution in [0.25, 0.3) is 22.2 Å². The van der Waals surface area contributed by atoms with Crippen molar-refractivity contribution in [1.82, 2.24) is 25.5 Å². The SMILES string of the molecule is NC(=O)C1CCC(C(=O)N[C@@H](Cc2ccccc2)c2nc(-c3ccc4c(N)n[nH]c4c3)c(Cl)[nH]2)CC1. The molecule has 2 amide bonds. The zero-order valence-electron chi connectivity index (χ0n) is 19.6. The number of hydrogen-bond donors (Lipinski definition) is 5. The molecular weight excluding hydrogens is 478 g/mol. The van der Waals surface area contributed by atoms with Crippen LogP contribution in [0.3, 0.4) is 0 Å². The molecule has 5 rings (SSSR count). The fraction of sp³-hybridized carbons (Fsp3) is 0.308. The number of carbonyl (C=O) groups excluding carboxylic acids is 2. The Morgan fingerprint density at radius 3 is 2.53 bits per heavy atom. The van der Waals surface area contributed by atoms with Gasteiger partial charge in [0.15, 0.2) is 5.82 Å². The van der Waals surface area contributed by atoms with E-state index in [-0.39, 0.29) is 23.7 Å². The second kappa shape index (κ2) is 10.0. The lowest BCUT2D eigenvalue weighted by atomic mass is 9.81. The number of nitrogens with one attached hydrogen (secondary N) is 3. The molecule has 1 aliphatic carbocycles. The average molecular weight is 506 g/mol. The molecule has 186 valence electrons. The van der Waals surface area contributed by atoms with Crippen molar-refractivity contribution in [1.29, 1.82) is 0 Å². The number of anilines is 1. The largest absolute Gasteiger partial charge is 0.382 e. The molecule has 9 nitrogen and oxygen atoms in total. The number of amides is 2. The van der Waals surface area contributed by atoms with Gasteiger partial charge in [0.05, 0.1) is 11.6 Å². The minimum Gasteiger partial charge on any atom is -0.382 e. The van der Waals surface area contributed by atoms with Crippen molar-refractivity contribution in [3.63, 3.8) is 0 Å². The van der Waals surface area contributed by atoms with Crippen LogP contribution in [0.1, 0.15) is 43.1 Å². The molecule has 2 heterocycles. The molecule has 1 aliphatic rings.